The number of thiophene rings is 1. The summed E-state index contributed by atoms with van der Waals surface area (Å²) in [5.74, 6) is -0.510. The predicted molar refractivity (Wildman–Crippen MR) is 92.1 cm³/mol. The molecule has 0 unspecified atom stereocenters. The van der Waals surface area contributed by atoms with E-state index in [1.807, 2.05) is 36.6 Å². The molecule has 1 aromatic carbocycles. The van der Waals surface area contributed by atoms with E-state index in [1.54, 1.807) is 18.2 Å². The Morgan fingerprint density at radius 3 is 2.70 bits per heavy atom. The Bertz CT molecular complexity index is 746. The Hall–Kier alpha value is -2.40. The van der Waals surface area contributed by atoms with E-state index in [4.69, 9.17) is 0 Å². The van der Waals surface area contributed by atoms with Gasteiger partial charge in [-0.3, -0.25) is 9.59 Å². The van der Waals surface area contributed by atoms with Gasteiger partial charge in [0, 0.05) is 16.5 Å². The molecule has 0 atom stereocenters. The third-order valence-electron chi connectivity index (χ3n) is 3.52. The first kappa shape index (κ1) is 15.5. The highest BCUT2D eigenvalue weighted by Crippen LogP contribution is 2.20. The van der Waals surface area contributed by atoms with Gasteiger partial charge in [-0.15, -0.1) is 11.3 Å². The van der Waals surface area contributed by atoms with E-state index < -0.39 is 0 Å². The second kappa shape index (κ2) is 6.79. The SMILES string of the molecule is Cc1cccc(C(=O)N/C(=C\c2cccs2)C(=O)NC2CC2)c1. The molecular weight excluding hydrogens is 308 g/mol. The monoisotopic (exact) mass is 326 g/mol. The van der Waals surface area contributed by atoms with Gasteiger partial charge in [0.25, 0.3) is 11.8 Å². The van der Waals surface area contributed by atoms with Gasteiger partial charge < -0.3 is 10.6 Å². The van der Waals surface area contributed by atoms with Crippen molar-refractivity contribution in [2.75, 3.05) is 0 Å². The highest BCUT2D eigenvalue weighted by Gasteiger charge is 2.25. The van der Waals surface area contributed by atoms with E-state index in [2.05, 4.69) is 10.6 Å². The summed E-state index contributed by atoms with van der Waals surface area (Å²) >= 11 is 1.52. The molecule has 1 saturated carbocycles. The molecule has 2 N–H and O–H groups in total. The van der Waals surface area contributed by atoms with Gasteiger partial charge in [0.15, 0.2) is 0 Å². The van der Waals surface area contributed by atoms with Crippen molar-refractivity contribution in [2.45, 2.75) is 25.8 Å². The molecule has 1 heterocycles. The van der Waals surface area contributed by atoms with Gasteiger partial charge in [-0.25, -0.2) is 0 Å². The van der Waals surface area contributed by atoms with Crippen molar-refractivity contribution < 1.29 is 9.59 Å². The summed E-state index contributed by atoms with van der Waals surface area (Å²) in [4.78, 5) is 25.7. The van der Waals surface area contributed by atoms with Crippen molar-refractivity contribution in [3.63, 3.8) is 0 Å². The number of carbonyl (C=O) groups is 2. The molecule has 0 bridgehead atoms. The van der Waals surface area contributed by atoms with Gasteiger partial charge in [0.05, 0.1) is 0 Å². The minimum absolute atomic E-state index is 0.234. The average molecular weight is 326 g/mol. The lowest BCUT2D eigenvalue weighted by atomic mass is 10.1. The molecule has 118 valence electrons. The van der Waals surface area contributed by atoms with E-state index in [0.29, 0.717) is 5.56 Å². The Morgan fingerprint density at radius 2 is 2.04 bits per heavy atom. The normalized spacial score (nSPS) is 14.4. The maximum absolute atomic E-state index is 12.4. The van der Waals surface area contributed by atoms with E-state index in [1.165, 1.54) is 11.3 Å². The van der Waals surface area contributed by atoms with Gasteiger partial charge in [-0.1, -0.05) is 23.8 Å². The molecule has 1 aliphatic carbocycles. The lowest BCUT2D eigenvalue weighted by Gasteiger charge is -2.10. The summed E-state index contributed by atoms with van der Waals surface area (Å²) in [6.45, 7) is 1.93. The van der Waals surface area contributed by atoms with Crippen LogP contribution in [0.15, 0.2) is 47.5 Å². The van der Waals surface area contributed by atoms with E-state index in [0.717, 1.165) is 23.3 Å². The zero-order chi connectivity index (χ0) is 16.2. The minimum atomic E-state index is -0.276. The number of amides is 2. The van der Waals surface area contributed by atoms with E-state index >= 15 is 0 Å². The van der Waals surface area contributed by atoms with Crippen LogP contribution in [-0.2, 0) is 4.79 Å². The van der Waals surface area contributed by atoms with Gasteiger partial charge in [-0.05, 0) is 49.4 Å². The first-order valence-electron chi connectivity index (χ1n) is 7.56. The fourth-order valence-corrected chi connectivity index (χ4v) is 2.80. The smallest absolute Gasteiger partial charge is 0.268 e. The fraction of sp³-hybridized carbons (Fsp3) is 0.222. The third-order valence-corrected chi connectivity index (χ3v) is 4.33. The first-order valence-corrected chi connectivity index (χ1v) is 8.44. The minimum Gasteiger partial charge on any atom is -0.348 e. The molecule has 0 radical (unpaired) electrons. The van der Waals surface area contributed by atoms with Crippen LogP contribution in [0.3, 0.4) is 0 Å². The number of rotatable bonds is 5. The summed E-state index contributed by atoms with van der Waals surface area (Å²) in [5, 5.41) is 7.60. The third kappa shape index (κ3) is 4.29. The molecule has 2 amide bonds. The van der Waals surface area contributed by atoms with E-state index in [-0.39, 0.29) is 23.6 Å². The van der Waals surface area contributed by atoms with Crippen molar-refractivity contribution in [1.82, 2.24) is 10.6 Å². The first-order chi connectivity index (χ1) is 11.1. The maximum atomic E-state index is 12.4. The Balaban J connectivity index is 1.80. The van der Waals surface area contributed by atoms with Crippen LogP contribution >= 0.6 is 11.3 Å². The number of carbonyl (C=O) groups excluding carboxylic acids is 2. The number of benzene rings is 1. The molecular formula is C18H18N2O2S. The summed E-state index contributed by atoms with van der Waals surface area (Å²) in [6, 6.07) is 11.4. The number of aryl methyl sites for hydroxylation is 1. The summed E-state index contributed by atoms with van der Waals surface area (Å²) in [6.07, 6.45) is 3.73. The lowest BCUT2D eigenvalue weighted by molar-refractivity contribution is -0.117. The zero-order valence-electron chi connectivity index (χ0n) is 12.8. The number of hydrogen-bond acceptors (Lipinski definition) is 3. The number of hydrogen-bond donors (Lipinski definition) is 2. The Morgan fingerprint density at radius 1 is 1.22 bits per heavy atom. The second-order valence-corrected chi connectivity index (χ2v) is 6.62. The van der Waals surface area contributed by atoms with Gasteiger partial charge in [0.1, 0.15) is 5.70 Å². The molecule has 0 aliphatic heterocycles. The molecule has 2 aromatic rings. The Labute approximate surface area is 139 Å². The van der Waals surface area contributed by atoms with Crippen LogP contribution in [-0.4, -0.2) is 17.9 Å². The van der Waals surface area contributed by atoms with Crippen LogP contribution in [0.2, 0.25) is 0 Å². The molecule has 0 saturated heterocycles. The maximum Gasteiger partial charge on any atom is 0.268 e. The summed E-state index contributed by atoms with van der Waals surface area (Å²) in [7, 11) is 0. The van der Waals surface area contributed by atoms with Crippen molar-refractivity contribution in [3.05, 3.63) is 63.5 Å². The molecule has 5 heteroatoms. The van der Waals surface area contributed by atoms with Crippen molar-refractivity contribution >= 4 is 29.2 Å². The highest BCUT2D eigenvalue weighted by molar-refractivity contribution is 7.10. The van der Waals surface area contributed by atoms with Gasteiger partial charge in [-0.2, -0.15) is 0 Å². The van der Waals surface area contributed by atoms with Crippen LogP contribution in [0.25, 0.3) is 6.08 Å². The second-order valence-electron chi connectivity index (χ2n) is 5.64. The van der Waals surface area contributed by atoms with Crippen LogP contribution in [0.1, 0.15) is 33.6 Å². The van der Waals surface area contributed by atoms with Crippen LogP contribution in [0.5, 0.6) is 0 Å². The van der Waals surface area contributed by atoms with Crippen molar-refractivity contribution in [3.8, 4) is 0 Å². The van der Waals surface area contributed by atoms with Crippen molar-refractivity contribution in [1.29, 1.82) is 0 Å². The quantitative estimate of drug-likeness (QED) is 0.830. The van der Waals surface area contributed by atoms with Crippen molar-refractivity contribution in [2.24, 2.45) is 0 Å². The van der Waals surface area contributed by atoms with Gasteiger partial charge in [0.2, 0.25) is 0 Å². The zero-order valence-corrected chi connectivity index (χ0v) is 13.7. The van der Waals surface area contributed by atoms with Gasteiger partial charge >= 0.3 is 0 Å². The van der Waals surface area contributed by atoms with Crippen LogP contribution < -0.4 is 10.6 Å². The van der Waals surface area contributed by atoms with Crippen LogP contribution in [0, 0.1) is 6.92 Å². The highest BCUT2D eigenvalue weighted by atomic mass is 32.1. The molecule has 1 aromatic heterocycles. The molecule has 0 spiro atoms. The molecule has 1 aliphatic rings. The standard InChI is InChI=1S/C18H18N2O2S/c1-12-4-2-5-13(10-12)17(21)20-16(11-15-6-3-9-23-15)18(22)19-14-7-8-14/h2-6,9-11,14H,7-8H2,1H3,(H,19,22)(H,20,21)/b16-11-. The predicted octanol–water partition coefficient (Wildman–Crippen LogP) is 3.11. The molecule has 3 rings (SSSR count). The number of nitrogens with one attached hydrogen (secondary N) is 2. The van der Waals surface area contributed by atoms with E-state index in [9.17, 15) is 9.59 Å². The van der Waals surface area contributed by atoms with Crippen LogP contribution in [0.4, 0.5) is 0 Å². The summed E-state index contributed by atoms with van der Waals surface area (Å²) in [5.41, 5.74) is 1.83. The topological polar surface area (TPSA) is 58.2 Å². The largest absolute Gasteiger partial charge is 0.348 e. The molecule has 23 heavy (non-hydrogen) atoms. The molecule has 4 nitrogen and oxygen atoms in total. The molecule has 1 fully saturated rings. The average Bonchev–Trinajstić information content (AvgIpc) is 3.19. The summed E-state index contributed by atoms with van der Waals surface area (Å²) < 4.78 is 0. The lowest BCUT2D eigenvalue weighted by Crippen LogP contribution is -2.35. The fourth-order valence-electron chi connectivity index (χ4n) is 2.15. The Kier molecular flexibility index (Phi) is 4.57.